The molecule has 6 heteroatoms. The Balaban J connectivity index is 2.19. The minimum atomic E-state index is 0.0773. The lowest BCUT2D eigenvalue weighted by molar-refractivity contribution is -0.121. The summed E-state index contributed by atoms with van der Waals surface area (Å²) in [6, 6.07) is 0. The van der Waals surface area contributed by atoms with E-state index in [4.69, 9.17) is 11.6 Å². The molecule has 0 saturated carbocycles. The summed E-state index contributed by atoms with van der Waals surface area (Å²) in [4.78, 5) is 17.9. The maximum atomic E-state index is 11.3. The first kappa shape index (κ1) is 16.4. The van der Waals surface area contributed by atoms with Gasteiger partial charge in [0, 0.05) is 12.4 Å². The zero-order chi connectivity index (χ0) is 14.1. The monoisotopic (exact) mass is 303 g/mol. The molecule has 0 aliphatic carbocycles. The molecule has 108 valence electrons. The lowest BCUT2D eigenvalue weighted by atomic mass is 10.2. The highest BCUT2D eigenvalue weighted by atomic mass is 35.5. The minimum absolute atomic E-state index is 0.0773. The maximum Gasteiger partial charge on any atom is 0.233 e. The second-order valence-corrected chi connectivity index (χ2v) is 5.58. The Labute approximate surface area is 124 Å². The van der Waals surface area contributed by atoms with Crippen molar-refractivity contribution < 1.29 is 4.79 Å². The normalized spacial score (nSPS) is 10.9. The second-order valence-electron chi connectivity index (χ2n) is 4.37. The molecule has 1 N–H and O–H groups in total. The van der Waals surface area contributed by atoms with Crippen molar-refractivity contribution in [3.8, 4) is 0 Å². The van der Waals surface area contributed by atoms with E-state index >= 15 is 0 Å². The molecule has 0 spiro atoms. The molecule has 0 saturated heterocycles. The Kier molecular flexibility index (Phi) is 8.02. The van der Waals surface area contributed by atoms with E-state index in [2.05, 4.69) is 22.1 Å². The summed E-state index contributed by atoms with van der Waals surface area (Å²) in [7, 11) is 1.67. The van der Waals surface area contributed by atoms with Gasteiger partial charge in [-0.25, -0.2) is 4.98 Å². The molecule has 0 fully saturated rings. The molecule has 1 amide bonds. The van der Waals surface area contributed by atoms with Gasteiger partial charge in [-0.3, -0.25) is 9.69 Å². The van der Waals surface area contributed by atoms with Crippen LogP contribution in [0.1, 0.15) is 30.5 Å². The van der Waals surface area contributed by atoms with Gasteiger partial charge in [-0.2, -0.15) is 0 Å². The lowest BCUT2D eigenvalue weighted by Gasteiger charge is -2.18. The first-order valence-corrected chi connectivity index (χ1v) is 8.03. The fourth-order valence-corrected chi connectivity index (χ4v) is 2.84. The van der Waals surface area contributed by atoms with Gasteiger partial charge in [-0.1, -0.05) is 6.92 Å². The van der Waals surface area contributed by atoms with Crippen LogP contribution in [0.25, 0.3) is 0 Å². The number of halogens is 1. The molecule has 0 radical (unpaired) electrons. The molecule has 4 nitrogen and oxygen atoms in total. The molecule has 0 atom stereocenters. The van der Waals surface area contributed by atoms with Crippen molar-refractivity contribution in [3.05, 3.63) is 16.1 Å². The van der Waals surface area contributed by atoms with Gasteiger partial charge in [0.15, 0.2) is 0 Å². The van der Waals surface area contributed by atoms with Gasteiger partial charge >= 0.3 is 0 Å². The van der Waals surface area contributed by atoms with Gasteiger partial charge in [0.05, 0.1) is 23.1 Å². The molecule has 0 aromatic carbocycles. The summed E-state index contributed by atoms with van der Waals surface area (Å²) in [5.74, 6) is 0.570. The topological polar surface area (TPSA) is 45.2 Å². The van der Waals surface area contributed by atoms with Crippen molar-refractivity contribution in [2.45, 2.75) is 32.1 Å². The van der Waals surface area contributed by atoms with E-state index in [0.29, 0.717) is 12.4 Å². The number of nitrogens with one attached hydrogen (secondary N) is 1. The largest absolute Gasteiger partial charge is 0.358 e. The van der Waals surface area contributed by atoms with Crippen LogP contribution in [0, 0.1) is 0 Å². The molecular formula is C13H22ClN3OS. The molecule has 0 aliphatic heterocycles. The molecule has 1 aromatic heterocycles. The van der Waals surface area contributed by atoms with Gasteiger partial charge < -0.3 is 5.32 Å². The number of hydrogen-bond donors (Lipinski definition) is 1. The quantitative estimate of drug-likeness (QED) is 0.562. The molecule has 0 bridgehead atoms. The van der Waals surface area contributed by atoms with Crippen molar-refractivity contribution in [1.82, 2.24) is 15.2 Å². The zero-order valence-corrected chi connectivity index (χ0v) is 13.2. The van der Waals surface area contributed by atoms with Crippen LogP contribution in [0.2, 0.25) is 0 Å². The van der Waals surface area contributed by atoms with E-state index in [1.54, 1.807) is 18.4 Å². The molecule has 1 rings (SSSR count). The number of alkyl halides is 1. The smallest absolute Gasteiger partial charge is 0.233 e. The van der Waals surface area contributed by atoms with E-state index in [0.717, 1.165) is 43.1 Å². The number of rotatable bonds is 9. The number of aromatic nitrogens is 1. The van der Waals surface area contributed by atoms with Gasteiger partial charge in [0.1, 0.15) is 0 Å². The Bertz CT molecular complexity index is 384. The van der Waals surface area contributed by atoms with Crippen molar-refractivity contribution in [2.24, 2.45) is 0 Å². The number of likely N-dealkylation sites (N-methyl/N-ethyl adjacent to an activating group) is 2. The predicted octanol–water partition coefficient (Wildman–Crippen LogP) is 2.27. The minimum Gasteiger partial charge on any atom is -0.358 e. The number of carbonyl (C=O) groups is 1. The van der Waals surface area contributed by atoms with Crippen LogP contribution in [-0.4, -0.2) is 42.5 Å². The maximum absolute atomic E-state index is 11.3. The Morgan fingerprint density at radius 2 is 2.32 bits per heavy atom. The average Bonchev–Trinajstić information content (AvgIpc) is 2.89. The van der Waals surface area contributed by atoms with Crippen LogP contribution >= 0.6 is 22.9 Å². The fraction of sp³-hybridized carbons (Fsp3) is 0.692. The Morgan fingerprint density at radius 1 is 1.53 bits per heavy atom. The van der Waals surface area contributed by atoms with Crippen molar-refractivity contribution in [1.29, 1.82) is 0 Å². The van der Waals surface area contributed by atoms with Gasteiger partial charge in [-0.15, -0.1) is 22.9 Å². The molecule has 0 unspecified atom stereocenters. The summed E-state index contributed by atoms with van der Waals surface area (Å²) in [6.07, 6.45) is 3.18. The van der Waals surface area contributed by atoms with Crippen molar-refractivity contribution in [2.75, 3.05) is 26.7 Å². The average molecular weight is 304 g/mol. The van der Waals surface area contributed by atoms with Gasteiger partial charge in [-0.05, 0) is 32.4 Å². The number of nitrogens with zero attached hydrogens (tertiary/aromatic N) is 2. The molecule has 1 aromatic rings. The second kappa shape index (κ2) is 9.28. The van der Waals surface area contributed by atoms with E-state index < -0.39 is 0 Å². The number of thiazole rings is 1. The van der Waals surface area contributed by atoms with Crippen LogP contribution in [0.3, 0.4) is 0 Å². The highest BCUT2D eigenvalue weighted by Gasteiger charge is 2.07. The summed E-state index contributed by atoms with van der Waals surface area (Å²) < 4.78 is 0. The number of unbranched alkanes of at least 4 members (excludes halogenated alkanes) is 1. The summed E-state index contributed by atoms with van der Waals surface area (Å²) in [5.41, 5.74) is 0.969. The third-order valence-corrected chi connectivity index (χ3v) is 4.18. The molecule has 19 heavy (non-hydrogen) atoms. The first-order chi connectivity index (χ1) is 9.19. The van der Waals surface area contributed by atoms with Crippen molar-refractivity contribution in [3.63, 3.8) is 0 Å². The standard InChI is InChI=1S/C13H22ClN3OS/c1-3-17(9-12(18)15-2)7-5-4-6-13-16-11(8-14)10-19-13/h10H,3-9H2,1-2H3,(H,15,18). The lowest BCUT2D eigenvalue weighted by Crippen LogP contribution is -2.36. The van der Waals surface area contributed by atoms with Crippen LogP contribution in [-0.2, 0) is 17.1 Å². The highest BCUT2D eigenvalue weighted by molar-refractivity contribution is 7.09. The molecule has 0 aliphatic rings. The predicted molar refractivity (Wildman–Crippen MR) is 80.8 cm³/mol. The Morgan fingerprint density at radius 3 is 2.89 bits per heavy atom. The van der Waals surface area contributed by atoms with Gasteiger partial charge in [0.2, 0.25) is 5.91 Å². The van der Waals surface area contributed by atoms with E-state index in [-0.39, 0.29) is 5.91 Å². The zero-order valence-electron chi connectivity index (χ0n) is 11.6. The van der Waals surface area contributed by atoms with Crippen LogP contribution < -0.4 is 5.32 Å². The van der Waals surface area contributed by atoms with Crippen LogP contribution in [0.15, 0.2) is 5.38 Å². The SMILES string of the molecule is CCN(CCCCc1nc(CCl)cs1)CC(=O)NC. The first-order valence-electron chi connectivity index (χ1n) is 6.61. The van der Waals surface area contributed by atoms with Crippen LogP contribution in [0.5, 0.6) is 0 Å². The summed E-state index contributed by atoms with van der Waals surface area (Å²) >= 11 is 7.40. The van der Waals surface area contributed by atoms with Crippen LogP contribution in [0.4, 0.5) is 0 Å². The van der Waals surface area contributed by atoms with E-state index in [1.165, 1.54) is 0 Å². The van der Waals surface area contributed by atoms with Crippen molar-refractivity contribution >= 4 is 28.8 Å². The third-order valence-electron chi connectivity index (χ3n) is 2.94. The van der Waals surface area contributed by atoms with E-state index in [1.807, 2.05) is 5.38 Å². The Hall–Kier alpha value is -0.650. The third kappa shape index (κ3) is 6.36. The van der Waals surface area contributed by atoms with E-state index in [9.17, 15) is 4.79 Å². The highest BCUT2D eigenvalue weighted by Crippen LogP contribution is 2.14. The number of hydrogen-bond acceptors (Lipinski definition) is 4. The number of aryl methyl sites for hydroxylation is 1. The van der Waals surface area contributed by atoms with Gasteiger partial charge in [0.25, 0.3) is 0 Å². The fourth-order valence-electron chi connectivity index (χ4n) is 1.77. The summed E-state index contributed by atoms with van der Waals surface area (Å²) in [6.45, 7) is 4.43. The summed E-state index contributed by atoms with van der Waals surface area (Å²) in [5, 5.41) is 5.83. The number of carbonyl (C=O) groups excluding carboxylic acids is 1. The molecular weight excluding hydrogens is 282 g/mol. The number of amides is 1. The molecule has 1 heterocycles.